The van der Waals surface area contributed by atoms with Crippen molar-refractivity contribution in [2.45, 2.75) is 29.8 Å². The van der Waals surface area contributed by atoms with E-state index in [0.717, 1.165) is 4.31 Å². The van der Waals surface area contributed by atoms with Crippen molar-refractivity contribution in [3.05, 3.63) is 60.2 Å². The maximum Gasteiger partial charge on any atom is 0.322 e. The zero-order valence-electron chi connectivity index (χ0n) is 17.0. The van der Waals surface area contributed by atoms with Crippen LogP contribution in [0.15, 0.2) is 59.5 Å². The smallest absolute Gasteiger partial charge is 0.322 e. The molecule has 2 aliphatic rings. The molecule has 31 heavy (non-hydrogen) atoms. The van der Waals surface area contributed by atoms with E-state index in [1.807, 2.05) is 6.07 Å². The molecule has 9 heteroatoms. The average molecular weight is 445 g/mol. The lowest BCUT2D eigenvalue weighted by Crippen LogP contribution is -2.53. The van der Waals surface area contributed by atoms with Crippen LogP contribution in [0.25, 0.3) is 0 Å². The van der Waals surface area contributed by atoms with Crippen LogP contribution in [0.3, 0.4) is 0 Å². The highest BCUT2D eigenvalue weighted by molar-refractivity contribution is 7.89. The average Bonchev–Trinajstić information content (AvgIpc) is 3.19. The van der Waals surface area contributed by atoms with Crippen LogP contribution in [0.5, 0.6) is 5.75 Å². The van der Waals surface area contributed by atoms with Crippen molar-refractivity contribution in [3.8, 4) is 5.75 Å². The number of carbonyl (C=O) groups is 2. The summed E-state index contributed by atoms with van der Waals surface area (Å²) in [4.78, 5) is 26.5. The maximum absolute atomic E-state index is 13.5. The third kappa shape index (κ3) is 3.90. The van der Waals surface area contributed by atoms with Gasteiger partial charge in [-0.3, -0.25) is 9.59 Å². The number of carboxylic acids is 1. The van der Waals surface area contributed by atoms with Crippen LogP contribution in [-0.4, -0.2) is 66.9 Å². The van der Waals surface area contributed by atoms with Crippen molar-refractivity contribution >= 4 is 21.9 Å². The van der Waals surface area contributed by atoms with Gasteiger partial charge in [-0.05, 0) is 55.2 Å². The number of likely N-dealkylation sites (tertiary alicyclic amines) is 1. The lowest BCUT2D eigenvalue weighted by molar-refractivity contribution is -0.141. The summed E-state index contributed by atoms with van der Waals surface area (Å²) < 4.78 is 33.1. The van der Waals surface area contributed by atoms with Gasteiger partial charge in [0, 0.05) is 24.7 Å². The summed E-state index contributed by atoms with van der Waals surface area (Å²) >= 11 is 0. The first-order valence-electron chi connectivity index (χ1n) is 10.1. The number of ether oxygens (including phenoxy) is 1. The van der Waals surface area contributed by atoms with E-state index in [2.05, 4.69) is 0 Å². The number of hydrogen-bond donors (Lipinski definition) is 1. The number of fused-ring (bicyclic) bond motifs is 1. The molecule has 164 valence electrons. The molecule has 0 aliphatic carbocycles. The van der Waals surface area contributed by atoms with Crippen molar-refractivity contribution in [1.29, 1.82) is 0 Å². The minimum atomic E-state index is -4.08. The van der Waals surface area contributed by atoms with E-state index in [0.29, 0.717) is 24.3 Å². The Bertz CT molecular complexity index is 1070. The van der Waals surface area contributed by atoms with E-state index in [9.17, 15) is 23.1 Å². The van der Waals surface area contributed by atoms with Gasteiger partial charge in [-0.1, -0.05) is 18.2 Å². The molecule has 3 atom stereocenters. The third-order valence-corrected chi connectivity index (χ3v) is 8.06. The molecule has 2 saturated heterocycles. The number of methoxy groups -OCH3 is 1. The molecule has 0 spiro atoms. The summed E-state index contributed by atoms with van der Waals surface area (Å²) in [5.41, 5.74) is 0.526. The predicted molar refractivity (Wildman–Crippen MR) is 112 cm³/mol. The highest BCUT2D eigenvalue weighted by atomic mass is 32.2. The number of nitrogens with zero attached hydrogens (tertiary/aromatic N) is 2. The molecule has 0 unspecified atom stereocenters. The normalized spacial score (nSPS) is 23.9. The van der Waals surface area contributed by atoms with Gasteiger partial charge in [0.1, 0.15) is 11.8 Å². The Morgan fingerprint density at radius 3 is 2.35 bits per heavy atom. The largest absolute Gasteiger partial charge is 0.497 e. The van der Waals surface area contributed by atoms with Gasteiger partial charge in [-0.2, -0.15) is 4.31 Å². The van der Waals surface area contributed by atoms with E-state index in [4.69, 9.17) is 4.74 Å². The zero-order valence-corrected chi connectivity index (χ0v) is 17.9. The first kappa shape index (κ1) is 21.3. The van der Waals surface area contributed by atoms with Crippen LogP contribution < -0.4 is 4.74 Å². The number of hydrogen-bond acceptors (Lipinski definition) is 5. The fourth-order valence-corrected chi connectivity index (χ4v) is 6.37. The lowest BCUT2D eigenvalue weighted by Gasteiger charge is -2.38. The van der Waals surface area contributed by atoms with Crippen LogP contribution in [0.4, 0.5) is 0 Å². The number of piperidine rings is 1. The zero-order chi connectivity index (χ0) is 22.2. The SMILES string of the molecule is COc1ccc(S(=O)(=O)N2[C@H](C(=O)O)C[C@@H]3CCN(C(=O)c4ccccc4)C[C@@H]32)cc1. The summed E-state index contributed by atoms with van der Waals surface area (Å²) in [5.74, 6) is -0.966. The monoisotopic (exact) mass is 444 g/mol. The second-order valence-corrected chi connectivity index (χ2v) is 9.68. The van der Waals surface area contributed by atoms with E-state index >= 15 is 0 Å². The fraction of sp³-hybridized carbons (Fsp3) is 0.364. The lowest BCUT2D eigenvalue weighted by atomic mass is 9.91. The summed E-state index contributed by atoms with van der Waals surface area (Å²) in [6, 6.07) is 12.9. The molecule has 1 amide bonds. The van der Waals surface area contributed by atoms with Crippen LogP contribution in [0.1, 0.15) is 23.2 Å². The first-order chi connectivity index (χ1) is 14.8. The van der Waals surface area contributed by atoms with Crippen LogP contribution >= 0.6 is 0 Å². The van der Waals surface area contributed by atoms with E-state index in [1.165, 1.54) is 31.4 Å². The Hall–Kier alpha value is -2.91. The van der Waals surface area contributed by atoms with Gasteiger partial charge in [-0.25, -0.2) is 8.42 Å². The number of benzene rings is 2. The predicted octanol–water partition coefficient (Wildman–Crippen LogP) is 2.07. The minimum absolute atomic E-state index is 0.00621. The summed E-state index contributed by atoms with van der Waals surface area (Å²) in [6.07, 6.45) is 0.796. The van der Waals surface area contributed by atoms with Crippen molar-refractivity contribution in [3.63, 3.8) is 0 Å². The molecule has 1 N–H and O–H groups in total. The second kappa shape index (κ2) is 8.32. The Kier molecular flexibility index (Phi) is 5.72. The van der Waals surface area contributed by atoms with E-state index in [-0.39, 0.29) is 29.7 Å². The Morgan fingerprint density at radius 1 is 1.06 bits per heavy atom. The standard InChI is InChI=1S/C22H24N2O6S/c1-30-17-7-9-18(10-8-17)31(28,29)24-19(22(26)27)13-16-11-12-23(14-20(16)24)21(25)15-5-3-2-4-6-15/h2-10,16,19-20H,11-14H2,1H3,(H,26,27)/t16-,19-,20-/m0/s1. The third-order valence-electron chi connectivity index (χ3n) is 6.11. The van der Waals surface area contributed by atoms with Crippen molar-refractivity contribution in [2.75, 3.05) is 20.2 Å². The number of rotatable bonds is 5. The molecule has 2 aliphatic heterocycles. The summed E-state index contributed by atoms with van der Waals surface area (Å²) in [5, 5.41) is 9.77. The molecule has 4 rings (SSSR count). The molecular formula is C22H24N2O6S. The Balaban J connectivity index is 1.66. The Morgan fingerprint density at radius 2 is 1.74 bits per heavy atom. The van der Waals surface area contributed by atoms with Gasteiger partial charge < -0.3 is 14.7 Å². The van der Waals surface area contributed by atoms with Crippen molar-refractivity contribution in [1.82, 2.24) is 9.21 Å². The Labute approximate surface area is 181 Å². The van der Waals surface area contributed by atoms with Gasteiger partial charge in [0.25, 0.3) is 5.91 Å². The topological polar surface area (TPSA) is 104 Å². The van der Waals surface area contributed by atoms with Crippen LogP contribution in [0.2, 0.25) is 0 Å². The molecule has 2 heterocycles. The van der Waals surface area contributed by atoms with Gasteiger partial charge >= 0.3 is 5.97 Å². The molecule has 0 aromatic heterocycles. The molecule has 0 saturated carbocycles. The van der Waals surface area contributed by atoms with Crippen molar-refractivity contribution < 1.29 is 27.9 Å². The van der Waals surface area contributed by atoms with Crippen molar-refractivity contribution in [2.24, 2.45) is 5.92 Å². The molecule has 0 bridgehead atoms. The quantitative estimate of drug-likeness (QED) is 0.757. The maximum atomic E-state index is 13.5. The van der Waals surface area contributed by atoms with E-state index in [1.54, 1.807) is 29.2 Å². The van der Waals surface area contributed by atoms with E-state index < -0.39 is 28.1 Å². The molecular weight excluding hydrogens is 420 g/mol. The van der Waals surface area contributed by atoms with Crippen LogP contribution in [0, 0.1) is 5.92 Å². The second-order valence-electron chi connectivity index (χ2n) is 7.83. The number of sulfonamides is 1. The molecule has 2 aromatic rings. The fourth-order valence-electron chi connectivity index (χ4n) is 4.54. The number of carbonyl (C=O) groups excluding carboxylic acids is 1. The van der Waals surface area contributed by atoms with Gasteiger partial charge in [0.2, 0.25) is 10.0 Å². The number of carboxylic acid groups (broad SMARTS) is 1. The van der Waals surface area contributed by atoms with Gasteiger partial charge in [0.15, 0.2) is 0 Å². The highest BCUT2D eigenvalue weighted by Gasteiger charge is 2.52. The summed E-state index contributed by atoms with van der Waals surface area (Å²) in [6.45, 7) is 0.634. The molecule has 2 aromatic carbocycles. The highest BCUT2D eigenvalue weighted by Crippen LogP contribution is 2.40. The number of amides is 1. The molecule has 8 nitrogen and oxygen atoms in total. The minimum Gasteiger partial charge on any atom is -0.497 e. The number of aliphatic carboxylic acids is 1. The first-order valence-corrected chi connectivity index (χ1v) is 11.5. The summed E-state index contributed by atoms with van der Waals surface area (Å²) in [7, 11) is -2.60. The molecule has 0 radical (unpaired) electrons. The van der Waals surface area contributed by atoms with Gasteiger partial charge in [-0.15, -0.1) is 0 Å². The van der Waals surface area contributed by atoms with Crippen LogP contribution in [-0.2, 0) is 14.8 Å². The van der Waals surface area contributed by atoms with Gasteiger partial charge in [0.05, 0.1) is 12.0 Å². The molecule has 2 fully saturated rings.